The quantitative estimate of drug-likeness (QED) is 0.895. The summed E-state index contributed by atoms with van der Waals surface area (Å²) in [5.74, 6) is 0.339. The van der Waals surface area contributed by atoms with Crippen LogP contribution in [0.4, 0.5) is 4.39 Å². The Morgan fingerprint density at radius 2 is 1.94 bits per heavy atom. The van der Waals surface area contributed by atoms with Crippen LogP contribution in [0.25, 0.3) is 0 Å². The van der Waals surface area contributed by atoms with Gasteiger partial charge in [-0.1, -0.05) is 6.92 Å². The summed E-state index contributed by atoms with van der Waals surface area (Å²) in [4.78, 5) is 2.30. The van der Waals surface area contributed by atoms with Gasteiger partial charge in [0.1, 0.15) is 17.7 Å². The molecule has 0 radical (unpaired) electrons. The van der Waals surface area contributed by atoms with Crippen molar-refractivity contribution in [3.63, 3.8) is 0 Å². The van der Waals surface area contributed by atoms with Crippen LogP contribution in [0.1, 0.15) is 19.8 Å². The van der Waals surface area contributed by atoms with E-state index in [4.69, 9.17) is 4.74 Å². The Labute approximate surface area is 107 Å². The average Bonchev–Trinajstić information content (AvgIpc) is 2.55. The van der Waals surface area contributed by atoms with Crippen LogP contribution in [0.15, 0.2) is 24.3 Å². The topological polar surface area (TPSA) is 32.7 Å². The maximum Gasteiger partial charge on any atom is 0.126 e. The second-order valence-corrected chi connectivity index (χ2v) is 4.69. The molecule has 2 atom stereocenters. The fourth-order valence-electron chi connectivity index (χ4n) is 2.26. The van der Waals surface area contributed by atoms with Crippen LogP contribution in [0.5, 0.6) is 5.75 Å². The second-order valence-electron chi connectivity index (χ2n) is 4.69. The Morgan fingerprint density at radius 1 is 1.28 bits per heavy atom. The maximum absolute atomic E-state index is 12.8. The van der Waals surface area contributed by atoms with Gasteiger partial charge in [-0.3, -0.25) is 0 Å². The van der Waals surface area contributed by atoms with E-state index in [2.05, 4.69) is 11.8 Å². The van der Waals surface area contributed by atoms with E-state index in [1.807, 2.05) is 0 Å². The summed E-state index contributed by atoms with van der Waals surface area (Å²) in [6.45, 7) is 4.95. The van der Waals surface area contributed by atoms with E-state index in [0.717, 1.165) is 32.5 Å². The minimum absolute atomic E-state index is 0.202. The zero-order valence-corrected chi connectivity index (χ0v) is 10.7. The molecule has 18 heavy (non-hydrogen) atoms. The van der Waals surface area contributed by atoms with Crippen molar-refractivity contribution in [3.05, 3.63) is 30.1 Å². The van der Waals surface area contributed by atoms with Crippen LogP contribution < -0.4 is 4.74 Å². The van der Waals surface area contributed by atoms with Gasteiger partial charge >= 0.3 is 0 Å². The maximum atomic E-state index is 12.8. The number of halogens is 1. The van der Waals surface area contributed by atoms with Crippen molar-refractivity contribution in [2.75, 3.05) is 19.6 Å². The van der Waals surface area contributed by atoms with Crippen LogP contribution in [0.3, 0.4) is 0 Å². The first-order chi connectivity index (χ1) is 8.69. The highest BCUT2D eigenvalue weighted by atomic mass is 19.1. The van der Waals surface area contributed by atoms with Crippen LogP contribution in [0, 0.1) is 5.82 Å². The third-order valence-electron chi connectivity index (χ3n) is 3.45. The fraction of sp³-hybridized carbons (Fsp3) is 0.571. The van der Waals surface area contributed by atoms with Gasteiger partial charge in [0.25, 0.3) is 0 Å². The van der Waals surface area contributed by atoms with E-state index in [-0.39, 0.29) is 11.9 Å². The summed E-state index contributed by atoms with van der Waals surface area (Å²) in [7, 11) is 0. The van der Waals surface area contributed by atoms with Crippen molar-refractivity contribution in [1.82, 2.24) is 4.90 Å². The summed E-state index contributed by atoms with van der Waals surface area (Å²) in [5, 5.41) is 10.1. The van der Waals surface area contributed by atoms with Gasteiger partial charge in [-0.05, 0) is 43.7 Å². The SMILES string of the molecule is CCN1CC[C@H](Oc2ccc(F)cc2)[C@@H](O)CC1. The van der Waals surface area contributed by atoms with E-state index < -0.39 is 6.10 Å². The third kappa shape index (κ3) is 3.43. The van der Waals surface area contributed by atoms with Crippen molar-refractivity contribution in [1.29, 1.82) is 0 Å². The monoisotopic (exact) mass is 253 g/mol. The largest absolute Gasteiger partial charge is 0.488 e. The average molecular weight is 253 g/mol. The smallest absolute Gasteiger partial charge is 0.126 e. The molecular formula is C14H20FNO2. The van der Waals surface area contributed by atoms with Crippen molar-refractivity contribution in [2.24, 2.45) is 0 Å². The van der Waals surface area contributed by atoms with Crippen molar-refractivity contribution < 1.29 is 14.2 Å². The standard InChI is InChI=1S/C14H20FNO2/c1-2-16-9-7-13(17)14(8-10-16)18-12-5-3-11(15)4-6-12/h3-6,13-14,17H,2,7-10H2,1H3/t13-,14-/m0/s1. The van der Waals surface area contributed by atoms with Gasteiger partial charge in [-0.15, -0.1) is 0 Å². The molecule has 1 heterocycles. The van der Waals surface area contributed by atoms with Gasteiger partial charge in [0.15, 0.2) is 0 Å². The number of aliphatic hydroxyl groups is 1. The molecule has 1 aliphatic rings. The molecule has 0 amide bonds. The van der Waals surface area contributed by atoms with Crippen molar-refractivity contribution >= 4 is 0 Å². The number of rotatable bonds is 3. The number of likely N-dealkylation sites (tertiary alicyclic amines) is 1. The first-order valence-corrected chi connectivity index (χ1v) is 6.51. The molecule has 0 unspecified atom stereocenters. The molecule has 3 nitrogen and oxygen atoms in total. The molecule has 0 aromatic heterocycles. The summed E-state index contributed by atoms with van der Waals surface area (Å²) in [5.41, 5.74) is 0. The van der Waals surface area contributed by atoms with E-state index in [0.29, 0.717) is 5.75 Å². The molecule has 4 heteroatoms. The van der Waals surface area contributed by atoms with Crippen molar-refractivity contribution in [2.45, 2.75) is 32.0 Å². The Bertz CT molecular complexity index is 369. The van der Waals surface area contributed by atoms with Crippen molar-refractivity contribution in [3.8, 4) is 5.75 Å². The fourth-order valence-corrected chi connectivity index (χ4v) is 2.26. The summed E-state index contributed by atoms with van der Waals surface area (Å²) in [6, 6.07) is 5.95. The minimum Gasteiger partial charge on any atom is -0.488 e. The Hall–Kier alpha value is -1.13. The van der Waals surface area contributed by atoms with Crippen LogP contribution in [-0.4, -0.2) is 41.8 Å². The molecule has 1 N–H and O–H groups in total. The molecule has 1 saturated heterocycles. The lowest BCUT2D eigenvalue weighted by Gasteiger charge is -2.21. The lowest BCUT2D eigenvalue weighted by atomic mass is 10.1. The Balaban J connectivity index is 1.97. The highest BCUT2D eigenvalue weighted by molar-refractivity contribution is 5.22. The van der Waals surface area contributed by atoms with Gasteiger partial charge in [-0.25, -0.2) is 4.39 Å². The van der Waals surface area contributed by atoms with Gasteiger partial charge in [0, 0.05) is 13.1 Å². The molecule has 0 aliphatic carbocycles. The van der Waals surface area contributed by atoms with Gasteiger partial charge in [-0.2, -0.15) is 0 Å². The number of benzene rings is 1. The predicted octanol–water partition coefficient (Wildman–Crippen LogP) is 2.05. The third-order valence-corrected chi connectivity index (χ3v) is 3.45. The molecule has 0 bridgehead atoms. The van der Waals surface area contributed by atoms with Gasteiger partial charge in [0.2, 0.25) is 0 Å². The van der Waals surface area contributed by atoms with E-state index in [1.54, 1.807) is 12.1 Å². The molecule has 100 valence electrons. The number of aliphatic hydroxyl groups excluding tert-OH is 1. The first kappa shape index (κ1) is 13.3. The van der Waals surface area contributed by atoms with Crippen LogP contribution in [-0.2, 0) is 0 Å². The van der Waals surface area contributed by atoms with Gasteiger partial charge < -0.3 is 14.7 Å². The Morgan fingerprint density at radius 3 is 2.61 bits per heavy atom. The molecule has 0 spiro atoms. The minimum atomic E-state index is -0.452. The molecule has 2 rings (SSSR count). The predicted molar refractivity (Wildman–Crippen MR) is 68.2 cm³/mol. The second kappa shape index (κ2) is 6.16. The normalized spacial score (nSPS) is 25.7. The van der Waals surface area contributed by atoms with Crippen LogP contribution >= 0.6 is 0 Å². The highest BCUT2D eigenvalue weighted by Gasteiger charge is 2.25. The molecule has 1 aromatic carbocycles. The van der Waals surface area contributed by atoms with E-state index in [1.165, 1.54) is 12.1 Å². The molecule has 1 fully saturated rings. The number of nitrogens with zero attached hydrogens (tertiary/aromatic N) is 1. The lowest BCUT2D eigenvalue weighted by molar-refractivity contribution is 0.0349. The molecular weight excluding hydrogens is 233 g/mol. The molecule has 0 saturated carbocycles. The van der Waals surface area contributed by atoms with Gasteiger partial charge in [0.05, 0.1) is 6.10 Å². The summed E-state index contributed by atoms with van der Waals surface area (Å²) >= 11 is 0. The molecule has 1 aliphatic heterocycles. The van der Waals surface area contributed by atoms with Crippen LogP contribution in [0.2, 0.25) is 0 Å². The summed E-state index contributed by atoms with van der Waals surface area (Å²) in [6.07, 6.45) is 0.866. The summed E-state index contributed by atoms with van der Waals surface area (Å²) < 4.78 is 18.5. The number of ether oxygens (including phenoxy) is 1. The first-order valence-electron chi connectivity index (χ1n) is 6.51. The lowest BCUT2D eigenvalue weighted by Crippen LogP contribution is -2.31. The highest BCUT2D eigenvalue weighted by Crippen LogP contribution is 2.19. The zero-order chi connectivity index (χ0) is 13.0. The Kier molecular flexibility index (Phi) is 4.55. The molecule has 1 aromatic rings. The number of hydrogen-bond acceptors (Lipinski definition) is 3. The number of hydrogen-bond donors (Lipinski definition) is 1. The zero-order valence-electron chi connectivity index (χ0n) is 10.7. The van der Waals surface area contributed by atoms with E-state index in [9.17, 15) is 9.50 Å². The van der Waals surface area contributed by atoms with E-state index >= 15 is 0 Å².